The van der Waals surface area contributed by atoms with E-state index in [1.165, 1.54) is 66.9 Å². The van der Waals surface area contributed by atoms with Crippen molar-refractivity contribution >= 4 is 107 Å². The van der Waals surface area contributed by atoms with Gasteiger partial charge in [0.25, 0.3) is 0 Å². The monoisotopic (exact) mass is 1160 g/mol. The number of para-hydroxylation sites is 1. The van der Waals surface area contributed by atoms with Gasteiger partial charge in [-0.2, -0.15) is 0 Å². The van der Waals surface area contributed by atoms with Crippen LogP contribution in [0.3, 0.4) is 0 Å². The molecule has 0 radical (unpaired) electrons. The van der Waals surface area contributed by atoms with Crippen LogP contribution in [0.5, 0.6) is 0 Å². The molecule has 2 aliphatic heterocycles. The fraction of sp³-hybridized carbons (Fsp3) is 0.341. The first-order valence-corrected chi connectivity index (χ1v) is 32.5. The molecule has 88 heavy (non-hydrogen) atoms. The molecule has 9 aromatic carbocycles. The SMILES string of the molecule is CC(C)(C)c1ccc(N2B3c4cc5c(cc4N(c4ccc6c(c4)C(C)(C)CCC6(C)C)c4cc6c(oc7ccccc76)c(c43)-c3cc4c(cc32)oc2ccc(N(c3ccc(C(C)(C)C)cc3)c3ccc(C(C)(C)C)cc3)cc24)C(C)(C)CCC5(C)C)cc1. The number of nitrogens with zero attached hydrogens (tertiary/aromatic N) is 3. The average molecular weight is 1160 g/mol. The van der Waals surface area contributed by atoms with Crippen LogP contribution >= 0.6 is 0 Å². The van der Waals surface area contributed by atoms with E-state index in [2.05, 4.69) is 296 Å². The summed E-state index contributed by atoms with van der Waals surface area (Å²) in [5.41, 5.74) is 27.3. The third-order valence-corrected chi connectivity index (χ3v) is 21.4. The molecule has 2 aromatic heterocycles. The molecule has 11 aromatic rings. The molecule has 2 aliphatic carbocycles. The summed E-state index contributed by atoms with van der Waals surface area (Å²) in [6.45, 7) is 40.1. The van der Waals surface area contributed by atoms with E-state index in [1.54, 1.807) is 0 Å². The van der Waals surface area contributed by atoms with Crippen LogP contribution in [0.25, 0.3) is 55.0 Å². The highest BCUT2D eigenvalue weighted by atomic mass is 16.3. The lowest BCUT2D eigenvalue weighted by Gasteiger charge is -2.48. The lowest BCUT2D eigenvalue weighted by Crippen LogP contribution is -2.62. The summed E-state index contributed by atoms with van der Waals surface area (Å²) in [5, 5.41) is 4.37. The summed E-state index contributed by atoms with van der Waals surface area (Å²) in [4.78, 5) is 7.76. The summed E-state index contributed by atoms with van der Waals surface area (Å²) < 4.78 is 14.6. The van der Waals surface area contributed by atoms with Gasteiger partial charge >= 0.3 is 6.85 Å². The molecular weight excluding hydrogens is 1070 g/mol. The smallest absolute Gasteiger partial charge is 0.333 e. The number of hydrogen-bond acceptors (Lipinski definition) is 5. The molecule has 4 aliphatic rings. The summed E-state index contributed by atoms with van der Waals surface area (Å²) in [6.07, 6.45) is 4.55. The molecule has 6 heteroatoms. The Balaban J connectivity index is 1.05. The van der Waals surface area contributed by atoms with Gasteiger partial charge in [-0.1, -0.05) is 184 Å². The van der Waals surface area contributed by atoms with Crippen LogP contribution in [0, 0.1) is 0 Å². The van der Waals surface area contributed by atoms with Gasteiger partial charge in [0.2, 0.25) is 0 Å². The Hall–Kier alpha value is -7.96. The minimum Gasteiger partial charge on any atom is -0.456 e. The molecule has 0 saturated heterocycles. The van der Waals surface area contributed by atoms with Gasteiger partial charge in [0, 0.05) is 84.2 Å². The predicted molar refractivity (Wildman–Crippen MR) is 376 cm³/mol. The minimum atomic E-state index is -0.239. The number of rotatable bonds is 5. The van der Waals surface area contributed by atoms with Gasteiger partial charge in [-0.25, -0.2) is 0 Å². The van der Waals surface area contributed by atoms with Crippen molar-refractivity contribution in [2.75, 3.05) is 14.6 Å². The fourth-order valence-electron chi connectivity index (χ4n) is 15.7. The third kappa shape index (κ3) is 8.68. The Morgan fingerprint density at radius 2 is 0.898 bits per heavy atom. The summed E-state index contributed by atoms with van der Waals surface area (Å²) in [7, 11) is 0. The van der Waals surface area contributed by atoms with E-state index < -0.39 is 0 Å². The molecule has 0 atom stereocenters. The molecule has 0 amide bonds. The second kappa shape index (κ2) is 18.8. The van der Waals surface area contributed by atoms with Crippen molar-refractivity contribution in [3.05, 3.63) is 203 Å². The lowest BCUT2D eigenvalue weighted by molar-refractivity contribution is 0.332. The van der Waals surface area contributed by atoms with Gasteiger partial charge < -0.3 is 23.4 Å². The maximum atomic E-state index is 7.40. The number of hydrogen-bond donors (Lipinski definition) is 0. The molecular formula is C82H86BN3O2. The molecule has 15 rings (SSSR count). The van der Waals surface area contributed by atoms with E-state index >= 15 is 0 Å². The number of benzene rings is 9. The van der Waals surface area contributed by atoms with Crippen molar-refractivity contribution in [2.24, 2.45) is 0 Å². The second-order valence-electron chi connectivity index (χ2n) is 32.4. The van der Waals surface area contributed by atoms with Crippen molar-refractivity contribution in [1.82, 2.24) is 0 Å². The maximum Gasteiger partial charge on any atom is 0.333 e. The molecule has 0 saturated carbocycles. The van der Waals surface area contributed by atoms with Gasteiger partial charge in [-0.15, -0.1) is 0 Å². The fourth-order valence-corrected chi connectivity index (χ4v) is 15.7. The van der Waals surface area contributed by atoms with Crippen LogP contribution in [-0.4, -0.2) is 6.85 Å². The third-order valence-electron chi connectivity index (χ3n) is 21.4. The van der Waals surface area contributed by atoms with E-state index in [0.29, 0.717) is 0 Å². The highest BCUT2D eigenvalue weighted by Crippen LogP contribution is 2.56. The molecule has 444 valence electrons. The summed E-state index contributed by atoms with van der Waals surface area (Å²) in [5.74, 6) is 0. The van der Waals surface area contributed by atoms with Crippen molar-refractivity contribution in [3.63, 3.8) is 0 Å². The Labute approximate surface area is 522 Å². The Bertz CT molecular complexity index is 4620. The normalized spacial score (nSPS) is 17.3. The molecule has 0 fully saturated rings. The topological polar surface area (TPSA) is 36.0 Å². The predicted octanol–water partition coefficient (Wildman–Crippen LogP) is 22.3. The van der Waals surface area contributed by atoms with Gasteiger partial charge in [-0.05, 0) is 204 Å². The van der Waals surface area contributed by atoms with Crippen molar-refractivity contribution < 1.29 is 8.83 Å². The second-order valence-corrected chi connectivity index (χ2v) is 32.4. The van der Waals surface area contributed by atoms with Gasteiger partial charge in [0.1, 0.15) is 22.3 Å². The van der Waals surface area contributed by atoms with Gasteiger partial charge in [0.05, 0.1) is 0 Å². The van der Waals surface area contributed by atoms with Crippen molar-refractivity contribution in [3.8, 4) is 11.1 Å². The van der Waals surface area contributed by atoms with Crippen LogP contribution in [0.1, 0.15) is 182 Å². The quantitative estimate of drug-likeness (QED) is 0.161. The van der Waals surface area contributed by atoms with Crippen LogP contribution < -0.4 is 25.5 Å². The van der Waals surface area contributed by atoms with Gasteiger partial charge in [-0.3, -0.25) is 0 Å². The van der Waals surface area contributed by atoms with Crippen LogP contribution in [0.15, 0.2) is 173 Å². The van der Waals surface area contributed by atoms with E-state index in [4.69, 9.17) is 8.83 Å². The average Bonchev–Trinajstić information content (AvgIpc) is 1.06. The number of fused-ring (bicyclic) bond motifs is 13. The summed E-state index contributed by atoms with van der Waals surface area (Å²) >= 11 is 0. The first-order chi connectivity index (χ1) is 41.5. The van der Waals surface area contributed by atoms with Crippen molar-refractivity contribution in [2.45, 2.75) is 181 Å². The van der Waals surface area contributed by atoms with E-state index in [-0.39, 0.29) is 44.8 Å². The molecule has 0 N–H and O–H groups in total. The summed E-state index contributed by atoms with van der Waals surface area (Å²) in [6, 6.07) is 63.4. The van der Waals surface area contributed by atoms with Crippen molar-refractivity contribution in [1.29, 1.82) is 0 Å². The molecule has 0 bridgehead atoms. The van der Waals surface area contributed by atoms with Gasteiger partial charge in [0.15, 0.2) is 0 Å². The molecule has 0 unspecified atom stereocenters. The highest BCUT2D eigenvalue weighted by Gasteiger charge is 2.50. The first-order valence-electron chi connectivity index (χ1n) is 32.5. The zero-order chi connectivity index (χ0) is 61.7. The van der Waals surface area contributed by atoms with Crippen LogP contribution in [-0.2, 0) is 37.9 Å². The van der Waals surface area contributed by atoms with Crippen LogP contribution in [0.4, 0.5) is 45.5 Å². The molecule has 0 spiro atoms. The van der Waals surface area contributed by atoms with Crippen LogP contribution in [0.2, 0.25) is 0 Å². The highest BCUT2D eigenvalue weighted by molar-refractivity contribution is 6.94. The van der Waals surface area contributed by atoms with E-state index in [9.17, 15) is 0 Å². The number of anilines is 8. The standard InChI is InChI=1S/C82H86BN3O2/c1-76(2,3)49-22-28-52(29-23-49)84(53-30-24-50(25-31-53)77(4,5)6)55-35-37-71-58(42-55)59-44-61-67(48-72(59)87-71)86(54-32-26-51(27-33-54)78(7,8)9)83-66-46-64-65(82(16,17)41-40-81(64,14)15)47-68(66)85(56-34-36-62-63(43-56)80(12,13)39-38-79(62,10)11)69-45-60-57-20-18-19-21-70(57)88-75(60)73(61)74(69)83/h18-37,42-48H,38-41H2,1-17H3. The first kappa shape index (κ1) is 56.5. The molecule has 4 heterocycles. The number of furan rings is 2. The Kier molecular flexibility index (Phi) is 12.1. The largest absolute Gasteiger partial charge is 0.456 e. The molecule has 5 nitrogen and oxygen atoms in total. The zero-order valence-corrected chi connectivity index (χ0v) is 55.2. The zero-order valence-electron chi connectivity index (χ0n) is 55.2. The lowest BCUT2D eigenvalue weighted by atomic mass is 9.42. The maximum absolute atomic E-state index is 7.40. The Morgan fingerprint density at radius 3 is 1.49 bits per heavy atom. The van der Waals surface area contributed by atoms with E-state index in [1.807, 2.05) is 0 Å². The Morgan fingerprint density at radius 1 is 0.398 bits per heavy atom. The minimum absolute atomic E-state index is 0.00634. The van der Waals surface area contributed by atoms with E-state index in [0.717, 1.165) is 109 Å².